The van der Waals surface area contributed by atoms with Crippen molar-refractivity contribution in [1.82, 2.24) is 4.57 Å². The van der Waals surface area contributed by atoms with Crippen LogP contribution in [0.2, 0.25) is 0 Å². The van der Waals surface area contributed by atoms with Crippen LogP contribution in [-0.2, 0) is 12.7 Å². The lowest BCUT2D eigenvalue weighted by Gasteiger charge is -2.12. The van der Waals surface area contributed by atoms with Gasteiger partial charge >= 0.3 is 6.18 Å². The quantitative estimate of drug-likeness (QED) is 0.685. The van der Waals surface area contributed by atoms with E-state index in [4.69, 9.17) is 0 Å². The molecule has 29 heavy (non-hydrogen) atoms. The average Bonchev–Trinajstić information content (AvgIpc) is 2.66. The fraction of sp³-hybridized carbons (Fsp3) is 0.182. The maximum atomic E-state index is 12.7. The Morgan fingerprint density at radius 3 is 2.38 bits per heavy atom. The number of hydrogen-bond acceptors (Lipinski definition) is 2. The monoisotopic (exact) mass is 400 g/mol. The zero-order chi connectivity index (χ0) is 21.2. The van der Waals surface area contributed by atoms with Gasteiger partial charge in [0.1, 0.15) is 5.56 Å². The van der Waals surface area contributed by atoms with Crippen LogP contribution in [0.3, 0.4) is 0 Å². The number of aryl methyl sites for hydroxylation is 2. The highest BCUT2D eigenvalue weighted by Gasteiger charge is 2.30. The lowest BCUT2D eigenvalue weighted by Crippen LogP contribution is -2.29. The Morgan fingerprint density at radius 2 is 1.72 bits per heavy atom. The first kappa shape index (κ1) is 20.4. The Labute approximate surface area is 165 Å². The smallest absolute Gasteiger partial charge is 0.322 e. The van der Waals surface area contributed by atoms with Crippen molar-refractivity contribution in [3.05, 3.63) is 99.0 Å². The highest BCUT2D eigenvalue weighted by molar-refractivity contribution is 6.03. The molecule has 1 N–H and O–H groups in total. The molecule has 0 saturated heterocycles. The fourth-order valence-electron chi connectivity index (χ4n) is 2.93. The normalized spacial score (nSPS) is 11.3. The van der Waals surface area contributed by atoms with Crippen molar-refractivity contribution in [2.24, 2.45) is 0 Å². The molecule has 3 aromatic rings. The summed E-state index contributed by atoms with van der Waals surface area (Å²) in [6, 6.07) is 13.0. The first-order chi connectivity index (χ1) is 13.6. The standard InChI is InChI=1S/C22H19F3N2O2/c1-14-5-6-15(2)16(12-14)13-27-11-3-4-19(21(27)29)20(28)26-18-9-7-17(8-10-18)22(23,24)25/h3-12H,13H2,1-2H3,(H,26,28). The second-order valence-corrected chi connectivity index (χ2v) is 6.81. The minimum Gasteiger partial charge on any atom is -0.322 e. The predicted octanol–water partition coefficient (Wildman–Crippen LogP) is 4.78. The van der Waals surface area contributed by atoms with E-state index in [0.29, 0.717) is 6.54 Å². The van der Waals surface area contributed by atoms with E-state index in [1.165, 1.54) is 10.6 Å². The second-order valence-electron chi connectivity index (χ2n) is 6.81. The number of hydrogen-bond donors (Lipinski definition) is 1. The van der Waals surface area contributed by atoms with Crippen molar-refractivity contribution in [1.29, 1.82) is 0 Å². The van der Waals surface area contributed by atoms with Crippen LogP contribution in [0.4, 0.5) is 18.9 Å². The van der Waals surface area contributed by atoms with Crippen LogP contribution in [0, 0.1) is 13.8 Å². The number of nitrogens with one attached hydrogen (secondary N) is 1. The Bertz CT molecular complexity index is 1100. The van der Waals surface area contributed by atoms with Gasteiger partial charge in [0.2, 0.25) is 0 Å². The summed E-state index contributed by atoms with van der Waals surface area (Å²) in [5.41, 5.74) is 1.86. The molecule has 4 nitrogen and oxygen atoms in total. The minimum atomic E-state index is -4.45. The Hall–Kier alpha value is -3.35. The summed E-state index contributed by atoms with van der Waals surface area (Å²) in [6.45, 7) is 4.22. The van der Waals surface area contributed by atoms with E-state index in [1.807, 2.05) is 32.0 Å². The zero-order valence-electron chi connectivity index (χ0n) is 15.9. The van der Waals surface area contributed by atoms with Gasteiger partial charge in [0.05, 0.1) is 12.1 Å². The molecule has 1 amide bonds. The number of carbonyl (C=O) groups excluding carboxylic acids is 1. The SMILES string of the molecule is Cc1ccc(C)c(Cn2cccc(C(=O)Nc3ccc(C(F)(F)F)cc3)c2=O)c1. The Balaban J connectivity index is 1.82. The van der Waals surface area contributed by atoms with Crippen LogP contribution in [0.15, 0.2) is 65.6 Å². The summed E-state index contributed by atoms with van der Waals surface area (Å²) in [5, 5.41) is 2.47. The third-order valence-corrected chi connectivity index (χ3v) is 4.58. The minimum absolute atomic E-state index is 0.0855. The molecule has 0 aliphatic carbocycles. The number of nitrogens with zero attached hydrogens (tertiary/aromatic N) is 1. The highest BCUT2D eigenvalue weighted by atomic mass is 19.4. The van der Waals surface area contributed by atoms with Crippen LogP contribution in [0.25, 0.3) is 0 Å². The molecule has 1 aromatic heterocycles. The van der Waals surface area contributed by atoms with Gasteiger partial charge in [-0.25, -0.2) is 0 Å². The van der Waals surface area contributed by atoms with Gasteiger partial charge in [0, 0.05) is 11.9 Å². The van der Waals surface area contributed by atoms with Crippen molar-refractivity contribution in [3.63, 3.8) is 0 Å². The number of carbonyl (C=O) groups is 1. The maximum absolute atomic E-state index is 12.7. The van der Waals surface area contributed by atoms with Crippen LogP contribution in [-0.4, -0.2) is 10.5 Å². The van der Waals surface area contributed by atoms with E-state index < -0.39 is 23.2 Å². The van der Waals surface area contributed by atoms with Gasteiger partial charge in [-0.15, -0.1) is 0 Å². The first-order valence-electron chi connectivity index (χ1n) is 8.89. The third kappa shape index (κ3) is 4.74. The van der Waals surface area contributed by atoms with E-state index in [9.17, 15) is 22.8 Å². The Kier molecular flexibility index (Phi) is 5.59. The molecular weight excluding hydrogens is 381 g/mol. The molecule has 150 valence electrons. The van der Waals surface area contributed by atoms with E-state index >= 15 is 0 Å². The van der Waals surface area contributed by atoms with Gasteiger partial charge in [-0.2, -0.15) is 13.2 Å². The fourth-order valence-corrected chi connectivity index (χ4v) is 2.93. The molecule has 7 heteroatoms. The van der Waals surface area contributed by atoms with Crippen molar-refractivity contribution in [2.45, 2.75) is 26.6 Å². The number of benzene rings is 2. The average molecular weight is 400 g/mol. The number of amides is 1. The molecule has 0 atom stereocenters. The molecule has 0 fully saturated rings. The van der Waals surface area contributed by atoms with Crippen molar-refractivity contribution >= 4 is 11.6 Å². The third-order valence-electron chi connectivity index (χ3n) is 4.58. The van der Waals surface area contributed by atoms with Gasteiger partial charge in [-0.3, -0.25) is 9.59 Å². The van der Waals surface area contributed by atoms with E-state index in [2.05, 4.69) is 5.32 Å². The molecule has 0 aliphatic heterocycles. The molecule has 0 aliphatic rings. The summed E-state index contributed by atoms with van der Waals surface area (Å²) in [6.07, 6.45) is -2.86. The number of aromatic nitrogens is 1. The van der Waals surface area contributed by atoms with Gasteiger partial charge in [-0.1, -0.05) is 23.8 Å². The molecular formula is C22H19F3N2O2. The number of alkyl halides is 3. The number of anilines is 1. The van der Waals surface area contributed by atoms with E-state index in [0.717, 1.165) is 41.0 Å². The summed E-state index contributed by atoms with van der Waals surface area (Å²) < 4.78 is 39.4. The van der Waals surface area contributed by atoms with Crippen molar-refractivity contribution in [3.8, 4) is 0 Å². The first-order valence-corrected chi connectivity index (χ1v) is 8.89. The molecule has 0 unspecified atom stereocenters. The van der Waals surface area contributed by atoms with Gasteiger partial charge in [0.15, 0.2) is 0 Å². The van der Waals surface area contributed by atoms with E-state index in [1.54, 1.807) is 12.3 Å². The number of pyridine rings is 1. The van der Waals surface area contributed by atoms with E-state index in [-0.39, 0.29) is 11.3 Å². The summed E-state index contributed by atoms with van der Waals surface area (Å²) in [4.78, 5) is 25.2. The molecule has 1 heterocycles. The lowest BCUT2D eigenvalue weighted by atomic mass is 10.1. The molecule has 0 radical (unpaired) electrons. The highest BCUT2D eigenvalue weighted by Crippen LogP contribution is 2.29. The summed E-state index contributed by atoms with van der Waals surface area (Å²) in [7, 11) is 0. The van der Waals surface area contributed by atoms with Crippen LogP contribution < -0.4 is 10.9 Å². The topological polar surface area (TPSA) is 51.1 Å². The summed E-state index contributed by atoms with van der Waals surface area (Å²) >= 11 is 0. The Morgan fingerprint density at radius 1 is 1.03 bits per heavy atom. The molecule has 0 bridgehead atoms. The molecule has 0 saturated carbocycles. The van der Waals surface area contributed by atoms with Crippen LogP contribution in [0.5, 0.6) is 0 Å². The molecule has 3 rings (SSSR count). The van der Waals surface area contributed by atoms with Crippen molar-refractivity contribution in [2.75, 3.05) is 5.32 Å². The zero-order valence-corrected chi connectivity index (χ0v) is 15.9. The van der Waals surface area contributed by atoms with Crippen molar-refractivity contribution < 1.29 is 18.0 Å². The number of rotatable bonds is 4. The largest absolute Gasteiger partial charge is 0.416 e. The predicted molar refractivity (Wildman–Crippen MR) is 105 cm³/mol. The lowest BCUT2D eigenvalue weighted by molar-refractivity contribution is -0.137. The van der Waals surface area contributed by atoms with Gasteiger partial charge in [0.25, 0.3) is 11.5 Å². The maximum Gasteiger partial charge on any atom is 0.416 e. The van der Waals surface area contributed by atoms with Crippen LogP contribution in [0.1, 0.15) is 32.6 Å². The van der Waals surface area contributed by atoms with Gasteiger partial charge in [-0.05, 0) is 61.4 Å². The second kappa shape index (κ2) is 7.95. The van der Waals surface area contributed by atoms with Crippen LogP contribution >= 0.6 is 0 Å². The summed E-state index contributed by atoms with van der Waals surface area (Å²) in [5.74, 6) is -0.676. The molecule has 2 aromatic carbocycles. The van der Waals surface area contributed by atoms with Gasteiger partial charge < -0.3 is 9.88 Å². The number of halogens is 3. The molecule has 0 spiro atoms.